The molecular weight excluding hydrogens is 124 g/mol. The van der Waals surface area contributed by atoms with E-state index in [0.717, 1.165) is 12.0 Å². The van der Waals surface area contributed by atoms with Gasteiger partial charge >= 0.3 is 0 Å². The average molecular weight is 136 g/mol. The predicted molar refractivity (Wildman–Crippen MR) is 38.3 cm³/mol. The molecule has 0 radical (unpaired) electrons. The quantitative estimate of drug-likeness (QED) is 0.566. The van der Waals surface area contributed by atoms with Gasteiger partial charge in [-0.2, -0.15) is 5.26 Å². The molecule has 0 bridgehead atoms. The van der Waals surface area contributed by atoms with Gasteiger partial charge in [-0.1, -0.05) is 0 Å². The lowest BCUT2D eigenvalue weighted by molar-refractivity contribution is 0.0846. The Morgan fingerprint density at radius 1 is 1.40 bits per heavy atom. The minimum absolute atomic E-state index is 0.704. The van der Waals surface area contributed by atoms with E-state index in [2.05, 4.69) is 11.0 Å². The first kappa shape index (κ1) is 6.18. The monoisotopic (exact) mass is 136 g/mol. The predicted octanol–water partition coefficient (Wildman–Crippen LogP) is 0.996. The van der Waals surface area contributed by atoms with Crippen molar-refractivity contribution in [1.29, 1.82) is 5.26 Å². The molecule has 0 amide bonds. The maximum absolute atomic E-state index is 8.30. The summed E-state index contributed by atoms with van der Waals surface area (Å²) in [4.78, 5) is 2.39. The maximum atomic E-state index is 8.30. The lowest BCUT2D eigenvalue weighted by Gasteiger charge is -2.39. The van der Waals surface area contributed by atoms with E-state index >= 15 is 0 Å². The van der Waals surface area contributed by atoms with Crippen LogP contribution < -0.4 is 0 Å². The Hall–Kier alpha value is -0.550. The third kappa shape index (κ3) is 0.911. The van der Waals surface area contributed by atoms with Crippen molar-refractivity contribution in [1.82, 2.24) is 4.90 Å². The van der Waals surface area contributed by atoms with Crippen molar-refractivity contribution in [2.24, 2.45) is 5.41 Å². The first-order chi connectivity index (χ1) is 4.85. The van der Waals surface area contributed by atoms with Gasteiger partial charge in [0.15, 0.2) is 0 Å². The number of nitriles is 1. The standard InChI is InChI=1S/C8H12N2/c9-4-1-5-10-6-8(7-10)2-3-8/h1-3,5-7H2. The van der Waals surface area contributed by atoms with Gasteiger partial charge in [-0.3, -0.25) is 0 Å². The summed E-state index contributed by atoms with van der Waals surface area (Å²) in [5, 5.41) is 8.30. The minimum Gasteiger partial charge on any atom is -0.301 e. The molecule has 1 spiro atoms. The van der Waals surface area contributed by atoms with E-state index in [0.29, 0.717) is 6.42 Å². The molecule has 10 heavy (non-hydrogen) atoms. The highest BCUT2D eigenvalue weighted by atomic mass is 15.2. The molecule has 0 unspecified atom stereocenters. The molecule has 1 saturated heterocycles. The summed E-state index contributed by atoms with van der Waals surface area (Å²) in [5.74, 6) is 0. The Morgan fingerprint density at radius 2 is 2.10 bits per heavy atom. The molecule has 0 aromatic rings. The van der Waals surface area contributed by atoms with E-state index in [1.807, 2.05) is 0 Å². The summed E-state index contributed by atoms with van der Waals surface area (Å²) < 4.78 is 0. The zero-order chi connectivity index (χ0) is 7.03. The highest BCUT2D eigenvalue weighted by Gasteiger charge is 2.51. The van der Waals surface area contributed by atoms with Crippen LogP contribution in [0.1, 0.15) is 19.3 Å². The molecular formula is C8H12N2. The van der Waals surface area contributed by atoms with Crippen molar-refractivity contribution in [3.63, 3.8) is 0 Å². The molecule has 2 heteroatoms. The van der Waals surface area contributed by atoms with Gasteiger partial charge in [0.05, 0.1) is 6.07 Å². The van der Waals surface area contributed by atoms with Gasteiger partial charge in [0, 0.05) is 26.1 Å². The minimum atomic E-state index is 0.704. The van der Waals surface area contributed by atoms with Crippen molar-refractivity contribution < 1.29 is 0 Å². The van der Waals surface area contributed by atoms with Crippen LogP contribution in [0.2, 0.25) is 0 Å². The fourth-order valence-corrected chi connectivity index (χ4v) is 1.76. The Balaban J connectivity index is 1.67. The van der Waals surface area contributed by atoms with E-state index in [4.69, 9.17) is 5.26 Å². The van der Waals surface area contributed by atoms with Gasteiger partial charge in [0.25, 0.3) is 0 Å². The Bertz CT molecular complexity index is 168. The first-order valence-corrected chi connectivity index (χ1v) is 3.94. The SMILES string of the molecule is N#CCCN1CC2(CC2)C1. The Kier molecular flexibility index (Phi) is 1.21. The van der Waals surface area contributed by atoms with Crippen LogP contribution in [0.4, 0.5) is 0 Å². The Labute approximate surface area is 61.4 Å². The lowest BCUT2D eigenvalue weighted by Crippen LogP contribution is -2.48. The number of nitrogens with zero attached hydrogens (tertiary/aromatic N) is 2. The van der Waals surface area contributed by atoms with Gasteiger partial charge < -0.3 is 4.90 Å². The molecule has 0 aromatic carbocycles. The van der Waals surface area contributed by atoms with Crippen molar-refractivity contribution in [2.75, 3.05) is 19.6 Å². The van der Waals surface area contributed by atoms with E-state index < -0.39 is 0 Å². The van der Waals surface area contributed by atoms with Crippen molar-refractivity contribution in [3.05, 3.63) is 0 Å². The van der Waals surface area contributed by atoms with Crippen LogP contribution in [0.25, 0.3) is 0 Å². The van der Waals surface area contributed by atoms with Gasteiger partial charge in [-0.05, 0) is 18.3 Å². The van der Waals surface area contributed by atoms with Crippen molar-refractivity contribution in [2.45, 2.75) is 19.3 Å². The molecule has 2 aliphatic rings. The summed E-state index contributed by atoms with van der Waals surface area (Å²) in [5.41, 5.74) is 0.759. The van der Waals surface area contributed by atoms with E-state index in [1.54, 1.807) is 0 Å². The lowest BCUT2D eigenvalue weighted by atomic mass is 9.97. The number of hydrogen-bond acceptors (Lipinski definition) is 2. The van der Waals surface area contributed by atoms with Gasteiger partial charge in [-0.25, -0.2) is 0 Å². The van der Waals surface area contributed by atoms with E-state index in [1.165, 1.54) is 25.9 Å². The number of hydrogen-bond donors (Lipinski definition) is 0. The fourth-order valence-electron chi connectivity index (χ4n) is 1.76. The third-order valence-electron chi connectivity index (χ3n) is 2.61. The summed E-state index contributed by atoms with van der Waals surface area (Å²) in [6, 6.07) is 2.17. The molecule has 1 saturated carbocycles. The molecule has 2 fully saturated rings. The highest BCUT2D eigenvalue weighted by Crippen LogP contribution is 2.52. The van der Waals surface area contributed by atoms with E-state index in [-0.39, 0.29) is 0 Å². The number of likely N-dealkylation sites (tertiary alicyclic amines) is 1. The topological polar surface area (TPSA) is 27.0 Å². The van der Waals surface area contributed by atoms with Gasteiger partial charge in [-0.15, -0.1) is 0 Å². The van der Waals surface area contributed by atoms with Crippen LogP contribution >= 0.6 is 0 Å². The average Bonchev–Trinajstić information content (AvgIpc) is 2.59. The largest absolute Gasteiger partial charge is 0.301 e. The smallest absolute Gasteiger partial charge is 0.0635 e. The molecule has 2 rings (SSSR count). The molecule has 2 nitrogen and oxygen atoms in total. The third-order valence-corrected chi connectivity index (χ3v) is 2.61. The van der Waals surface area contributed by atoms with Crippen LogP contribution in [0.5, 0.6) is 0 Å². The summed E-state index contributed by atoms with van der Waals surface area (Å²) in [7, 11) is 0. The van der Waals surface area contributed by atoms with Crippen LogP contribution in [-0.2, 0) is 0 Å². The Morgan fingerprint density at radius 3 is 2.60 bits per heavy atom. The maximum Gasteiger partial charge on any atom is 0.0635 e. The molecule has 0 aromatic heterocycles. The summed E-state index contributed by atoms with van der Waals surface area (Å²) in [6.07, 6.45) is 3.59. The zero-order valence-electron chi connectivity index (χ0n) is 6.14. The van der Waals surface area contributed by atoms with Crippen LogP contribution in [0.3, 0.4) is 0 Å². The molecule has 1 aliphatic carbocycles. The van der Waals surface area contributed by atoms with E-state index in [9.17, 15) is 0 Å². The molecule has 0 N–H and O–H groups in total. The first-order valence-electron chi connectivity index (χ1n) is 3.94. The normalized spacial score (nSPS) is 27.5. The fraction of sp³-hybridized carbons (Fsp3) is 0.875. The van der Waals surface area contributed by atoms with Crippen molar-refractivity contribution >= 4 is 0 Å². The molecule has 1 heterocycles. The van der Waals surface area contributed by atoms with Gasteiger partial charge in [0.1, 0.15) is 0 Å². The van der Waals surface area contributed by atoms with Crippen LogP contribution in [-0.4, -0.2) is 24.5 Å². The van der Waals surface area contributed by atoms with Crippen LogP contribution in [0, 0.1) is 16.7 Å². The zero-order valence-corrected chi connectivity index (χ0v) is 6.14. The summed E-state index contributed by atoms with van der Waals surface area (Å²) >= 11 is 0. The summed E-state index contributed by atoms with van der Waals surface area (Å²) in [6.45, 7) is 3.54. The second kappa shape index (κ2) is 1.96. The second-order valence-electron chi connectivity index (χ2n) is 3.62. The van der Waals surface area contributed by atoms with Crippen LogP contribution in [0.15, 0.2) is 0 Å². The molecule has 54 valence electrons. The molecule has 1 aliphatic heterocycles. The molecule has 0 atom stereocenters. The number of rotatable bonds is 2. The van der Waals surface area contributed by atoms with Gasteiger partial charge in [0.2, 0.25) is 0 Å². The second-order valence-corrected chi connectivity index (χ2v) is 3.62. The van der Waals surface area contributed by atoms with Crippen molar-refractivity contribution in [3.8, 4) is 6.07 Å². The highest BCUT2D eigenvalue weighted by molar-refractivity contribution is 5.05.